The minimum atomic E-state index is -0.798. The minimum Gasteiger partial charge on any atom is -0.462 e. The number of ether oxygens (including phenoxy) is 1. The summed E-state index contributed by atoms with van der Waals surface area (Å²) in [5.41, 5.74) is -0.721. The molecule has 0 saturated heterocycles. The molecule has 24 heavy (non-hydrogen) atoms. The third-order valence-corrected chi connectivity index (χ3v) is 4.41. The second-order valence-electron chi connectivity index (χ2n) is 4.82. The van der Waals surface area contributed by atoms with Gasteiger partial charge in [0.15, 0.2) is 21.7 Å². The molecule has 3 heterocycles. The van der Waals surface area contributed by atoms with E-state index in [0.717, 1.165) is 0 Å². The van der Waals surface area contributed by atoms with Gasteiger partial charge in [-0.15, -0.1) is 11.3 Å². The molecule has 6 nitrogen and oxygen atoms in total. The quantitative estimate of drug-likeness (QED) is 0.525. The van der Waals surface area contributed by atoms with Crippen LogP contribution >= 0.6 is 22.9 Å². The molecule has 3 aromatic heterocycles. The summed E-state index contributed by atoms with van der Waals surface area (Å²) < 4.78 is 20.5. The number of hydrogen-bond donors (Lipinski definition) is 0. The van der Waals surface area contributed by atoms with Crippen LogP contribution < -0.4 is 5.43 Å². The molecule has 0 atom stereocenters. The highest BCUT2D eigenvalue weighted by molar-refractivity contribution is 7.12. The number of aryl methyl sites for hydroxylation is 1. The predicted octanol–water partition coefficient (Wildman–Crippen LogP) is 3.12. The van der Waals surface area contributed by atoms with Crippen LogP contribution in [0, 0.1) is 12.7 Å². The number of carbonyl (C=O) groups is 1. The van der Waals surface area contributed by atoms with E-state index in [9.17, 15) is 14.0 Å². The molecule has 0 saturated carbocycles. The zero-order chi connectivity index (χ0) is 17.4. The van der Waals surface area contributed by atoms with Gasteiger partial charge in [-0.25, -0.2) is 19.2 Å². The Bertz CT molecular complexity index is 1000. The third-order valence-electron chi connectivity index (χ3n) is 3.39. The number of rotatable bonds is 3. The van der Waals surface area contributed by atoms with E-state index in [1.807, 2.05) is 0 Å². The highest BCUT2D eigenvalue weighted by Crippen LogP contribution is 2.25. The summed E-state index contributed by atoms with van der Waals surface area (Å²) in [6.07, 6.45) is 2.86. The molecule has 0 fully saturated rings. The molecule has 0 spiro atoms. The topological polar surface area (TPSA) is 74.1 Å². The highest BCUT2D eigenvalue weighted by atomic mass is 35.5. The molecule has 0 radical (unpaired) electrons. The lowest BCUT2D eigenvalue weighted by Gasteiger charge is -2.12. The van der Waals surface area contributed by atoms with Crippen molar-refractivity contribution in [3.05, 3.63) is 50.1 Å². The summed E-state index contributed by atoms with van der Waals surface area (Å²) in [6, 6.07) is 0. The van der Waals surface area contributed by atoms with E-state index >= 15 is 0 Å². The number of aromatic nitrogens is 3. The van der Waals surface area contributed by atoms with Crippen molar-refractivity contribution in [2.75, 3.05) is 6.61 Å². The molecular weight excluding hydrogens is 357 g/mol. The number of pyridine rings is 2. The molecule has 0 aromatic carbocycles. The number of hydrogen-bond acceptors (Lipinski definition) is 6. The molecule has 9 heteroatoms. The van der Waals surface area contributed by atoms with Gasteiger partial charge >= 0.3 is 5.97 Å². The first kappa shape index (κ1) is 16.5. The van der Waals surface area contributed by atoms with E-state index < -0.39 is 17.2 Å². The molecule has 0 aliphatic carbocycles. The fourth-order valence-electron chi connectivity index (χ4n) is 2.29. The minimum absolute atomic E-state index is 0.0199. The van der Waals surface area contributed by atoms with Gasteiger partial charge in [0.2, 0.25) is 5.43 Å². The first-order valence-electron chi connectivity index (χ1n) is 6.93. The summed E-state index contributed by atoms with van der Waals surface area (Å²) in [5.74, 6) is -1.59. The Morgan fingerprint density at radius 1 is 1.50 bits per heavy atom. The summed E-state index contributed by atoms with van der Waals surface area (Å²) >= 11 is 7.09. The molecule has 3 rings (SSSR count). The zero-order valence-electron chi connectivity index (χ0n) is 12.7. The molecule has 0 aliphatic heterocycles. The van der Waals surface area contributed by atoms with E-state index in [2.05, 4.69) is 9.97 Å². The number of thiazole rings is 1. The van der Waals surface area contributed by atoms with E-state index in [1.54, 1.807) is 18.5 Å². The SMILES string of the molecule is CCOC(=O)c1cn(-c2nccs2)c2nc(Cl)c(F)c(C)c2c1=O. The monoisotopic (exact) mass is 367 g/mol. The van der Waals surface area contributed by atoms with Crippen molar-refractivity contribution in [3.63, 3.8) is 0 Å². The maximum Gasteiger partial charge on any atom is 0.343 e. The Morgan fingerprint density at radius 3 is 2.88 bits per heavy atom. The molecule has 0 amide bonds. The van der Waals surface area contributed by atoms with Crippen LogP contribution in [0.3, 0.4) is 0 Å². The second kappa shape index (κ2) is 6.29. The lowest BCUT2D eigenvalue weighted by molar-refractivity contribution is 0.0524. The summed E-state index contributed by atoms with van der Waals surface area (Å²) in [5, 5.41) is 1.80. The van der Waals surface area contributed by atoms with Crippen molar-refractivity contribution in [3.8, 4) is 5.13 Å². The van der Waals surface area contributed by atoms with Crippen LogP contribution in [0.25, 0.3) is 16.2 Å². The van der Waals surface area contributed by atoms with Crippen LogP contribution in [0.15, 0.2) is 22.6 Å². The van der Waals surface area contributed by atoms with Gasteiger partial charge in [0, 0.05) is 23.3 Å². The number of esters is 1. The normalized spacial score (nSPS) is 11.0. The number of fused-ring (bicyclic) bond motifs is 1. The Balaban J connectivity index is 2.47. The van der Waals surface area contributed by atoms with Crippen molar-refractivity contribution < 1.29 is 13.9 Å². The maximum atomic E-state index is 14.1. The maximum absolute atomic E-state index is 14.1. The number of nitrogens with zero attached hydrogens (tertiary/aromatic N) is 3. The average Bonchev–Trinajstić information content (AvgIpc) is 3.07. The van der Waals surface area contributed by atoms with Crippen molar-refractivity contribution in [1.29, 1.82) is 0 Å². The van der Waals surface area contributed by atoms with Crippen molar-refractivity contribution in [2.45, 2.75) is 13.8 Å². The first-order valence-corrected chi connectivity index (χ1v) is 8.19. The van der Waals surface area contributed by atoms with Crippen molar-refractivity contribution in [2.24, 2.45) is 0 Å². The highest BCUT2D eigenvalue weighted by Gasteiger charge is 2.22. The Morgan fingerprint density at radius 2 is 2.25 bits per heavy atom. The Labute approximate surface area is 144 Å². The lowest BCUT2D eigenvalue weighted by atomic mass is 10.1. The van der Waals surface area contributed by atoms with E-state index in [4.69, 9.17) is 16.3 Å². The average molecular weight is 368 g/mol. The fourth-order valence-corrected chi connectivity index (χ4v) is 3.13. The van der Waals surface area contributed by atoms with Crippen LogP contribution in [0.1, 0.15) is 22.8 Å². The van der Waals surface area contributed by atoms with Gasteiger partial charge in [-0.1, -0.05) is 11.6 Å². The van der Waals surface area contributed by atoms with Crippen LogP contribution in [0.2, 0.25) is 5.15 Å². The zero-order valence-corrected chi connectivity index (χ0v) is 14.2. The lowest BCUT2D eigenvalue weighted by Crippen LogP contribution is -2.22. The van der Waals surface area contributed by atoms with E-state index in [0.29, 0.717) is 5.13 Å². The molecular formula is C15H11ClFN3O3S. The summed E-state index contributed by atoms with van der Waals surface area (Å²) in [7, 11) is 0. The standard InChI is InChI=1S/C15H11ClFN3O3S/c1-3-23-14(22)8-6-20(15-18-4-5-24-15)13-9(11(8)21)7(2)10(17)12(16)19-13/h4-6H,3H2,1-2H3. The van der Waals surface area contributed by atoms with Crippen LogP contribution in [0.4, 0.5) is 4.39 Å². The van der Waals surface area contributed by atoms with Gasteiger partial charge in [0.1, 0.15) is 5.56 Å². The molecule has 0 N–H and O–H groups in total. The molecule has 3 aromatic rings. The summed E-state index contributed by atoms with van der Waals surface area (Å²) in [4.78, 5) is 32.9. The van der Waals surface area contributed by atoms with Crippen molar-refractivity contribution >= 4 is 39.9 Å². The van der Waals surface area contributed by atoms with Gasteiger partial charge < -0.3 is 4.74 Å². The van der Waals surface area contributed by atoms with Gasteiger partial charge in [-0.05, 0) is 13.8 Å². The van der Waals surface area contributed by atoms with Crippen LogP contribution in [0.5, 0.6) is 0 Å². The Kier molecular flexibility index (Phi) is 4.33. The van der Waals surface area contributed by atoms with Crippen LogP contribution in [-0.4, -0.2) is 27.1 Å². The predicted molar refractivity (Wildman–Crippen MR) is 88.7 cm³/mol. The number of halogens is 2. The summed E-state index contributed by atoms with van der Waals surface area (Å²) in [6.45, 7) is 3.15. The van der Waals surface area contributed by atoms with Gasteiger partial charge in [0.05, 0.1) is 12.0 Å². The Hall–Kier alpha value is -2.32. The van der Waals surface area contributed by atoms with Gasteiger partial charge in [0.25, 0.3) is 0 Å². The third kappa shape index (κ3) is 2.57. The second-order valence-corrected chi connectivity index (χ2v) is 6.05. The molecule has 0 bridgehead atoms. The first-order chi connectivity index (χ1) is 11.5. The van der Waals surface area contributed by atoms with Gasteiger partial charge in [-0.3, -0.25) is 9.36 Å². The molecule has 124 valence electrons. The molecule has 0 aliphatic rings. The van der Waals surface area contributed by atoms with Gasteiger partial charge in [-0.2, -0.15) is 0 Å². The number of carbonyl (C=O) groups excluding carboxylic acids is 1. The fraction of sp³-hybridized carbons (Fsp3) is 0.200. The van der Waals surface area contributed by atoms with Crippen molar-refractivity contribution in [1.82, 2.24) is 14.5 Å². The largest absolute Gasteiger partial charge is 0.462 e. The molecule has 0 unspecified atom stereocenters. The van der Waals surface area contributed by atoms with E-state index in [1.165, 1.54) is 29.0 Å². The van der Waals surface area contributed by atoms with Crippen LogP contribution in [-0.2, 0) is 4.74 Å². The smallest absolute Gasteiger partial charge is 0.343 e. The van der Waals surface area contributed by atoms with E-state index in [-0.39, 0.29) is 33.9 Å².